The minimum atomic E-state index is -3.30. The zero-order valence-electron chi connectivity index (χ0n) is 13.4. The smallest absolute Gasteiger partial charge is 0.252 e. The number of carbonyl (C=O) groups excluding carboxylic acids is 2. The molecule has 0 aliphatic heterocycles. The number of hydrogen-bond donors (Lipinski definition) is 2. The maximum Gasteiger partial charge on any atom is 0.252 e. The highest BCUT2D eigenvalue weighted by Gasteiger charge is 2.40. The number of hydrogen-bond acceptors (Lipinski definition) is 4. The molecular formula is C16H22N2O4S. The molecule has 0 bridgehead atoms. The number of sulfone groups is 1. The van der Waals surface area contributed by atoms with Gasteiger partial charge in [0.25, 0.3) is 5.91 Å². The van der Waals surface area contributed by atoms with Crippen LogP contribution in [0.5, 0.6) is 0 Å². The standard InChI is InChI=1S/C16H22N2O4S/c1-17-15(20)16(10-4-3-5-11-16)18-14(19)12-6-8-13(9-7-12)23(2,21)22/h6-9H,3-5,10-11H2,1-2H3,(H,17,20)(H,18,19). The Kier molecular flexibility index (Phi) is 5.09. The van der Waals surface area contributed by atoms with Gasteiger partial charge < -0.3 is 10.6 Å². The minimum absolute atomic E-state index is 0.160. The van der Waals surface area contributed by atoms with Crippen molar-refractivity contribution in [3.05, 3.63) is 29.8 Å². The third kappa shape index (κ3) is 3.90. The molecule has 0 saturated heterocycles. The van der Waals surface area contributed by atoms with E-state index >= 15 is 0 Å². The van der Waals surface area contributed by atoms with Gasteiger partial charge in [-0.1, -0.05) is 19.3 Å². The average Bonchev–Trinajstić information content (AvgIpc) is 2.54. The quantitative estimate of drug-likeness (QED) is 0.865. The van der Waals surface area contributed by atoms with Crippen LogP contribution in [0.15, 0.2) is 29.2 Å². The fraction of sp³-hybridized carbons (Fsp3) is 0.500. The first-order valence-corrected chi connectivity index (χ1v) is 9.52. The van der Waals surface area contributed by atoms with Gasteiger partial charge >= 0.3 is 0 Å². The third-order valence-electron chi connectivity index (χ3n) is 4.27. The highest BCUT2D eigenvalue weighted by Crippen LogP contribution is 2.29. The van der Waals surface area contributed by atoms with Crippen molar-refractivity contribution < 1.29 is 18.0 Å². The van der Waals surface area contributed by atoms with E-state index in [0.717, 1.165) is 25.5 Å². The number of nitrogens with one attached hydrogen (secondary N) is 2. The van der Waals surface area contributed by atoms with Gasteiger partial charge in [0, 0.05) is 18.9 Å². The Morgan fingerprint density at radius 2 is 1.61 bits per heavy atom. The predicted octanol–water partition coefficient (Wildman–Crippen LogP) is 1.27. The molecule has 0 radical (unpaired) electrons. The molecule has 2 amide bonds. The van der Waals surface area contributed by atoms with E-state index in [-0.39, 0.29) is 16.7 Å². The zero-order chi connectivity index (χ0) is 17.1. The molecule has 23 heavy (non-hydrogen) atoms. The van der Waals surface area contributed by atoms with Crippen LogP contribution < -0.4 is 10.6 Å². The van der Waals surface area contributed by atoms with Crippen molar-refractivity contribution >= 4 is 21.7 Å². The molecule has 126 valence electrons. The van der Waals surface area contributed by atoms with E-state index in [0.29, 0.717) is 18.4 Å². The van der Waals surface area contributed by atoms with Crippen LogP contribution in [0.2, 0.25) is 0 Å². The lowest BCUT2D eigenvalue weighted by Crippen LogP contribution is -2.59. The van der Waals surface area contributed by atoms with Crippen LogP contribution in [0.4, 0.5) is 0 Å². The molecule has 2 N–H and O–H groups in total. The molecule has 2 rings (SSSR count). The summed E-state index contributed by atoms with van der Waals surface area (Å²) in [5.41, 5.74) is -0.536. The van der Waals surface area contributed by atoms with E-state index in [4.69, 9.17) is 0 Å². The van der Waals surface area contributed by atoms with Crippen molar-refractivity contribution in [2.75, 3.05) is 13.3 Å². The number of amides is 2. The highest BCUT2D eigenvalue weighted by molar-refractivity contribution is 7.90. The first kappa shape index (κ1) is 17.5. The van der Waals surface area contributed by atoms with Crippen LogP contribution in [0, 0.1) is 0 Å². The number of benzene rings is 1. The molecule has 0 aromatic heterocycles. The van der Waals surface area contributed by atoms with Gasteiger partial charge in [-0.2, -0.15) is 0 Å². The van der Waals surface area contributed by atoms with E-state index in [1.165, 1.54) is 24.3 Å². The van der Waals surface area contributed by atoms with E-state index in [1.807, 2.05) is 0 Å². The predicted molar refractivity (Wildman–Crippen MR) is 86.9 cm³/mol. The minimum Gasteiger partial charge on any atom is -0.357 e. The van der Waals surface area contributed by atoms with Gasteiger partial charge in [-0.05, 0) is 37.1 Å². The second-order valence-corrected chi connectivity index (χ2v) is 7.99. The van der Waals surface area contributed by atoms with Gasteiger partial charge in [0.15, 0.2) is 9.84 Å². The molecule has 1 saturated carbocycles. The summed E-state index contributed by atoms with van der Waals surface area (Å²) in [6.45, 7) is 0. The lowest BCUT2D eigenvalue weighted by atomic mass is 9.80. The summed E-state index contributed by atoms with van der Waals surface area (Å²) < 4.78 is 22.9. The average molecular weight is 338 g/mol. The van der Waals surface area contributed by atoms with Gasteiger partial charge in [-0.3, -0.25) is 9.59 Å². The van der Waals surface area contributed by atoms with Crippen LogP contribution >= 0.6 is 0 Å². The fourth-order valence-corrected chi connectivity index (χ4v) is 3.58. The van der Waals surface area contributed by atoms with Crippen molar-refractivity contribution in [2.24, 2.45) is 0 Å². The van der Waals surface area contributed by atoms with E-state index in [9.17, 15) is 18.0 Å². The Morgan fingerprint density at radius 3 is 2.09 bits per heavy atom. The number of carbonyl (C=O) groups is 2. The van der Waals surface area contributed by atoms with Crippen LogP contribution in [0.1, 0.15) is 42.5 Å². The molecule has 0 atom stereocenters. The van der Waals surface area contributed by atoms with Crippen molar-refractivity contribution in [1.82, 2.24) is 10.6 Å². The zero-order valence-corrected chi connectivity index (χ0v) is 14.2. The first-order chi connectivity index (χ1) is 10.8. The Balaban J connectivity index is 2.20. The molecule has 0 heterocycles. The maximum absolute atomic E-state index is 12.5. The molecule has 1 aromatic carbocycles. The summed E-state index contributed by atoms with van der Waals surface area (Å²) in [5, 5.41) is 5.49. The monoisotopic (exact) mass is 338 g/mol. The highest BCUT2D eigenvalue weighted by atomic mass is 32.2. The normalized spacial score (nSPS) is 17.3. The fourth-order valence-electron chi connectivity index (χ4n) is 2.95. The molecule has 1 aliphatic carbocycles. The van der Waals surface area contributed by atoms with Gasteiger partial charge in [-0.25, -0.2) is 8.42 Å². The summed E-state index contributed by atoms with van der Waals surface area (Å²) in [7, 11) is -1.74. The molecule has 1 fully saturated rings. The summed E-state index contributed by atoms with van der Waals surface area (Å²) in [5.74, 6) is -0.547. The molecule has 7 heteroatoms. The van der Waals surface area contributed by atoms with Crippen molar-refractivity contribution in [3.63, 3.8) is 0 Å². The summed E-state index contributed by atoms with van der Waals surface area (Å²) in [6, 6.07) is 5.73. The van der Waals surface area contributed by atoms with Crippen LogP contribution in [0.25, 0.3) is 0 Å². The summed E-state index contributed by atoms with van der Waals surface area (Å²) >= 11 is 0. The molecule has 6 nitrogen and oxygen atoms in total. The summed E-state index contributed by atoms with van der Waals surface area (Å²) in [6.07, 6.45) is 5.17. The van der Waals surface area contributed by atoms with Gasteiger partial charge in [0.2, 0.25) is 5.91 Å². The van der Waals surface area contributed by atoms with E-state index < -0.39 is 15.4 Å². The Bertz CT molecular complexity index is 689. The van der Waals surface area contributed by atoms with Crippen LogP contribution in [0.3, 0.4) is 0 Å². The molecule has 0 unspecified atom stereocenters. The van der Waals surface area contributed by atoms with Gasteiger partial charge in [0.05, 0.1) is 4.90 Å². The lowest BCUT2D eigenvalue weighted by molar-refractivity contribution is -0.128. The molecule has 0 spiro atoms. The second-order valence-electron chi connectivity index (χ2n) is 5.97. The van der Waals surface area contributed by atoms with E-state index in [2.05, 4.69) is 10.6 Å². The Morgan fingerprint density at radius 1 is 1.04 bits per heavy atom. The van der Waals surface area contributed by atoms with E-state index in [1.54, 1.807) is 7.05 Å². The van der Waals surface area contributed by atoms with Crippen LogP contribution in [-0.2, 0) is 14.6 Å². The SMILES string of the molecule is CNC(=O)C1(NC(=O)c2ccc(S(C)(=O)=O)cc2)CCCCC1. The molecule has 1 aliphatic rings. The first-order valence-electron chi connectivity index (χ1n) is 7.63. The third-order valence-corrected chi connectivity index (χ3v) is 5.39. The second kappa shape index (κ2) is 6.70. The lowest BCUT2D eigenvalue weighted by Gasteiger charge is -2.36. The van der Waals surface area contributed by atoms with Gasteiger partial charge in [0.1, 0.15) is 5.54 Å². The topological polar surface area (TPSA) is 92.3 Å². The maximum atomic E-state index is 12.5. The number of likely N-dealkylation sites (N-methyl/N-ethyl adjacent to an activating group) is 1. The van der Waals surface area contributed by atoms with Crippen molar-refractivity contribution in [3.8, 4) is 0 Å². The van der Waals surface area contributed by atoms with Gasteiger partial charge in [-0.15, -0.1) is 0 Å². The Labute approximate surface area is 136 Å². The van der Waals surface area contributed by atoms with Crippen molar-refractivity contribution in [1.29, 1.82) is 0 Å². The number of rotatable bonds is 4. The largest absolute Gasteiger partial charge is 0.357 e. The molecular weight excluding hydrogens is 316 g/mol. The van der Waals surface area contributed by atoms with Crippen molar-refractivity contribution in [2.45, 2.75) is 42.5 Å². The van der Waals surface area contributed by atoms with Crippen LogP contribution in [-0.4, -0.2) is 39.1 Å². The molecule has 1 aromatic rings. The Hall–Kier alpha value is -1.89. The summed E-state index contributed by atoms with van der Waals surface area (Å²) in [4.78, 5) is 24.9.